The normalized spacial score (nSPS) is 17.8. The molecule has 0 saturated heterocycles. The maximum absolute atomic E-state index is 13.2. The van der Waals surface area contributed by atoms with Crippen LogP contribution in [0.2, 0.25) is 0 Å². The van der Waals surface area contributed by atoms with Gasteiger partial charge in [-0.2, -0.15) is 16.8 Å². The first-order valence-electron chi connectivity index (χ1n) is 10.8. The number of Topliss-reactive ketones (excluding diaryl/α,β-unsaturated/α-hetero) is 2. The lowest BCUT2D eigenvalue weighted by Crippen LogP contribution is -2.49. The first-order valence-corrected chi connectivity index (χ1v) is 14.0. The third-order valence-electron chi connectivity index (χ3n) is 5.84. The number of hydrogen-bond donors (Lipinski definition) is 0. The SMILES string of the molecule is CC1(C)CC(=O)C(CCS(=O)(=O)Oc2ccccc2)(CCS(=O)(=O)Oc2ccccc2)C(=O)C1. The average Bonchev–Trinajstić information content (AvgIpc) is 2.73. The van der Waals surface area contributed by atoms with Crippen molar-refractivity contribution < 1.29 is 34.8 Å². The van der Waals surface area contributed by atoms with Gasteiger partial charge in [0.05, 0.1) is 16.9 Å². The van der Waals surface area contributed by atoms with Gasteiger partial charge in [0, 0.05) is 12.8 Å². The highest BCUT2D eigenvalue weighted by atomic mass is 32.2. The lowest BCUT2D eigenvalue weighted by Gasteiger charge is -2.40. The molecular formula is C24H28O8S2. The van der Waals surface area contributed by atoms with E-state index in [1.54, 1.807) is 50.2 Å². The molecule has 0 N–H and O–H groups in total. The monoisotopic (exact) mass is 508 g/mol. The molecular weight excluding hydrogens is 480 g/mol. The molecule has 0 spiro atoms. The van der Waals surface area contributed by atoms with Crippen LogP contribution in [0.25, 0.3) is 0 Å². The minimum absolute atomic E-state index is 0.0396. The fraction of sp³-hybridized carbons (Fsp3) is 0.417. The van der Waals surface area contributed by atoms with E-state index in [0.29, 0.717) is 0 Å². The van der Waals surface area contributed by atoms with Crippen molar-refractivity contribution in [2.24, 2.45) is 10.8 Å². The van der Waals surface area contributed by atoms with Gasteiger partial charge in [0.25, 0.3) is 0 Å². The quantitative estimate of drug-likeness (QED) is 0.353. The maximum Gasteiger partial charge on any atom is 0.309 e. The van der Waals surface area contributed by atoms with E-state index in [-0.39, 0.29) is 37.2 Å². The Labute approximate surface area is 200 Å². The molecule has 34 heavy (non-hydrogen) atoms. The molecule has 1 aliphatic rings. The molecule has 0 unspecified atom stereocenters. The van der Waals surface area contributed by atoms with Gasteiger partial charge in [-0.15, -0.1) is 0 Å². The van der Waals surface area contributed by atoms with Crippen molar-refractivity contribution in [1.82, 2.24) is 0 Å². The molecule has 1 saturated carbocycles. The van der Waals surface area contributed by atoms with Crippen molar-refractivity contribution in [1.29, 1.82) is 0 Å². The van der Waals surface area contributed by atoms with E-state index in [1.807, 2.05) is 0 Å². The first kappa shape index (κ1) is 25.9. The summed E-state index contributed by atoms with van der Waals surface area (Å²) in [6.07, 6.45) is -0.649. The number of ketones is 2. The topological polar surface area (TPSA) is 121 Å². The Morgan fingerprint density at radius 3 is 1.38 bits per heavy atom. The Morgan fingerprint density at radius 1 is 0.676 bits per heavy atom. The van der Waals surface area contributed by atoms with Crippen LogP contribution in [-0.4, -0.2) is 39.9 Å². The number of benzene rings is 2. The fourth-order valence-corrected chi connectivity index (χ4v) is 6.21. The van der Waals surface area contributed by atoms with Gasteiger partial charge in [-0.3, -0.25) is 9.59 Å². The lowest BCUT2D eigenvalue weighted by molar-refractivity contribution is -0.148. The second kappa shape index (κ2) is 9.87. The number of rotatable bonds is 10. The third kappa shape index (κ3) is 6.66. The second-order valence-electron chi connectivity index (χ2n) is 9.26. The molecule has 1 fully saturated rings. The van der Waals surface area contributed by atoms with Gasteiger partial charge in [-0.05, 0) is 42.5 Å². The van der Waals surface area contributed by atoms with Crippen LogP contribution >= 0.6 is 0 Å². The van der Waals surface area contributed by atoms with Gasteiger partial charge >= 0.3 is 20.2 Å². The molecule has 0 heterocycles. The summed E-state index contributed by atoms with van der Waals surface area (Å²) in [5.41, 5.74) is -2.33. The molecule has 184 valence electrons. The highest BCUT2D eigenvalue weighted by Crippen LogP contribution is 2.44. The zero-order valence-electron chi connectivity index (χ0n) is 19.1. The fourth-order valence-electron chi connectivity index (χ4n) is 4.04. The number of carbonyl (C=O) groups excluding carboxylic acids is 2. The summed E-state index contributed by atoms with van der Waals surface area (Å²) in [4.78, 5) is 26.4. The molecule has 0 amide bonds. The van der Waals surface area contributed by atoms with Gasteiger partial charge in [-0.25, -0.2) is 0 Å². The minimum atomic E-state index is -4.14. The number of hydrogen-bond acceptors (Lipinski definition) is 8. The van der Waals surface area contributed by atoms with Crippen molar-refractivity contribution in [2.75, 3.05) is 11.5 Å². The number of para-hydroxylation sites is 2. The lowest BCUT2D eigenvalue weighted by atomic mass is 9.61. The smallest absolute Gasteiger partial charge is 0.309 e. The molecule has 0 aromatic heterocycles. The van der Waals surface area contributed by atoms with Crippen LogP contribution in [0.1, 0.15) is 39.5 Å². The zero-order chi connectivity index (χ0) is 25.0. The third-order valence-corrected chi connectivity index (χ3v) is 8.14. The summed E-state index contributed by atoms with van der Waals surface area (Å²) in [5, 5.41) is 0. The average molecular weight is 509 g/mol. The van der Waals surface area contributed by atoms with E-state index in [0.717, 1.165) is 0 Å². The van der Waals surface area contributed by atoms with Gasteiger partial charge in [0.1, 0.15) is 23.1 Å². The molecule has 0 aliphatic heterocycles. The summed E-state index contributed by atoms with van der Waals surface area (Å²) in [7, 11) is -8.27. The van der Waals surface area contributed by atoms with Gasteiger partial charge in [0.15, 0.2) is 0 Å². The van der Waals surface area contributed by atoms with E-state index in [1.165, 1.54) is 24.3 Å². The predicted octanol–water partition coefficient (Wildman–Crippen LogP) is 3.53. The number of carbonyl (C=O) groups is 2. The van der Waals surface area contributed by atoms with Crippen LogP contribution < -0.4 is 8.37 Å². The molecule has 8 nitrogen and oxygen atoms in total. The van der Waals surface area contributed by atoms with Crippen LogP contribution in [0.15, 0.2) is 60.7 Å². The highest BCUT2D eigenvalue weighted by Gasteiger charge is 2.52. The second-order valence-corrected chi connectivity index (χ2v) is 12.6. The summed E-state index contributed by atoms with van der Waals surface area (Å²) < 4.78 is 60.5. The summed E-state index contributed by atoms with van der Waals surface area (Å²) in [5.74, 6) is -1.92. The molecule has 10 heteroatoms. The molecule has 2 aromatic carbocycles. The molecule has 2 aromatic rings. The Morgan fingerprint density at radius 2 is 1.03 bits per heavy atom. The van der Waals surface area contributed by atoms with Crippen LogP contribution in [-0.2, 0) is 29.8 Å². The summed E-state index contributed by atoms with van der Waals surface area (Å²) in [6, 6.07) is 15.7. The summed E-state index contributed by atoms with van der Waals surface area (Å²) in [6.45, 7) is 3.55. The van der Waals surface area contributed by atoms with Crippen LogP contribution in [0.3, 0.4) is 0 Å². The molecule has 0 radical (unpaired) electrons. The van der Waals surface area contributed by atoms with Gasteiger partial charge in [0.2, 0.25) is 0 Å². The standard InChI is InChI=1S/C24H28O8S2/c1-23(2)17-21(25)24(22(26)18-23,13-15-33(27,28)31-19-9-5-3-6-10-19)14-16-34(29,30)32-20-11-7-4-8-12-20/h3-12H,13-18H2,1-2H3. The van der Waals surface area contributed by atoms with Crippen LogP contribution in [0.5, 0.6) is 11.5 Å². The summed E-state index contributed by atoms with van der Waals surface area (Å²) >= 11 is 0. The van der Waals surface area contributed by atoms with Crippen LogP contribution in [0, 0.1) is 10.8 Å². The van der Waals surface area contributed by atoms with E-state index >= 15 is 0 Å². The van der Waals surface area contributed by atoms with Crippen molar-refractivity contribution in [3.05, 3.63) is 60.7 Å². The molecule has 0 atom stereocenters. The van der Waals surface area contributed by atoms with E-state index in [9.17, 15) is 26.4 Å². The van der Waals surface area contributed by atoms with Crippen LogP contribution in [0.4, 0.5) is 0 Å². The Bertz CT molecular complexity index is 1140. The van der Waals surface area contributed by atoms with Gasteiger partial charge < -0.3 is 8.37 Å². The molecule has 0 bridgehead atoms. The Kier molecular flexibility index (Phi) is 7.52. The zero-order valence-corrected chi connectivity index (χ0v) is 20.7. The van der Waals surface area contributed by atoms with E-state index in [4.69, 9.17) is 8.37 Å². The Hall–Kier alpha value is -2.72. The van der Waals surface area contributed by atoms with Crippen molar-refractivity contribution in [3.8, 4) is 11.5 Å². The Balaban J connectivity index is 1.80. The van der Waals surface area contributed by atoms with Crippen molar-refractivity contribution >= 4 is 31.8 Å². The van der Waals surface area contributed by atoms with Gasteiger partial charge in [-0.1, -0.05) is 50.2 Å². The molecule has 3 rings (SSSR count). The first-order chi connectivity index (χ1) is 15.8. The predicted molar refractivity (Wildman–Crippen MR) is 126 cm³/mol. The van der Waals surface area contributed by atoms with Crippen molar-refractivity contribution in [3.63, 3.8) is 0 Å². The van der Waals surface area contributed by atoms with E-state index in [2.05, 4.69) is 0 Å². The van der Waals surface area contributed by atoms with Crippen molar-refractivity contribution in [2.45, 2.75) is 39.5 Å². The minimum Gasteiger partial charge on any atom is -0.382 e. The largest absolute Gasteiger partial charge is 0.382 e. The highest BCUT2D eigenvalue weighted by molar-refractivity contribution is 7.87. The van der Waals surface area contributed by atoms with E-state index < -0.39 is 54.1 Å². The maximum atomic E-state index is 13.2. The molecule has 1 aliphatic carbocycles.